The van der Waals surface area contributed by atoms with E-state index in [1.807, 2.05) is 0 Å². The first-order valence-electron chi connectivity index (χ1n) is 7.66. The molecule has 20 heavy (non-hydrogen) atoms. The van der Waals surface area contributed by atoms with Crippen LogP contribution in [-0.2, 0) is 7.05 Å². The van der Waals surface area contributed by atoms with Crippen LogP contribution in [0.1, 0.15) is 19.8 Å². The van der Waals surface area contributed by atoms with Gasteiger partial charge >= 0.3 is 0 Å². The minimum atomic E-state index is 0.739. The number of para-hydroxylation sites is 2. The average molecular weight is 272 g/mol. The number of hydrogen-bond donors (Lipinski definition) is 1. The summed E-state index contributed by atoms with van der Waals surface area (Å²) < 4.78 is 2.22. The maximum atomic E-state index is 4.82. The van der Waals surface area contributed by atoms with Gasteiger partial charge in [0, 0.05) is 20.1 Å². The second-order valence-electron chi connectivity index (χ2n) is 5.71. The van der Waals surface area contributed by atoms with Crippen molar-refractivity contribution < 1.29 is 0 Å². The van der Waals surface area contributed by atoms with Crippen LogP contribution in [0.4, 0.5) is 5.95 Å². The van der Waals surface area contributed by atoms with Gasteiger partial charge in [0.2, 0.25) is 5.95 Å². The van der Waals surface area contributed by atoms with Crippen molar-refractivity contribution in [3.63, 3.8) is 0 Å². The summed E-state index contributed by atoms with van der Waals surface area (Å²) in [6.07, 6.45) is 2.62. The highest BCUT2D eigenvalue weighted by Crippen LogP contribution is 2.22. The van der Waals surface area contributed by atoms with Crippen LogP contribution >= 0.6 is 0 Å². The smallest absolute Gasteiger partial charge is 0.206 e. The molecule has 1 N–H and O–H groups in total. The van der Waals surface area contributed by atoms with Crippen molar-refractivity contribution in [2.75, 3.05) is 31.1 Å². The number of aryl methyl sites for hydroxylation is 1. The molecular weight excluding hydrogens is 248 g/mol. The van der Waals surface area contributed by atoms with Crippen LogP contribution in [0, 0.1) is 5.92 Å². The van der Waals surface area contributed by atoms with Gasteiger partial charge in [0.25, 0.3) is 0 Å². The molecule has 0 amide bonds. The van der Waals surface area contributed by atoms with Gasteiger partial charge in [-0.2, -0.15) is 0 Å². The number of nitrogens with zero attached hydrogens (tertiary/aromatic N) is 3. The van der Waals surface area contributed by atoms with E-state index >= 15 is 0 Å². The molecule has 0 aliphatic carbocycles. The van der Waals surface area contributed by atoms with E-state index in [4.69, 9.17) is 4.98 Å². The van der Waals surface area contributed by atoms with E-state index in [0.29, 0.717) is 0 Å². The lowest BCUT2D eigenvalue weighted by atomic mass is 9.99. The third kappa shape index (κ3) is 2.52. The van der Waals surface area contributed by atoms with Crippen molar-refractivity contribution in [2.24, 2.45) is 13.0 Å². The number of fused-ring (bicyclic) bond motifs is 1. The summed E-state index contributed by atoms with van der Waals surface area (Å²) in [5.74, 6) is 1.84. The first-order chi connectivity index (χ1) is 9.79. The molecule has 4 nitrogen and oxygen atoms in total. The van der Waals surface area contributed by atoms with Gasteiger partial charge in [-0.05, 0) is 50.9 Å². The Morgan fingerprint density at radius 1 is 1.40 bits per heavy atom. The highest BCUT2D eigenvalue weighted by Gasteiger charge is 2.19. The molecule has 1 aromatic heterocycles. The van der Waals surface area contributed by atoms with Crippen LogP contribution in [0.15, 0.2) is 24.3 Å². The van der Waals surface area contributed by atoms with Gasteiger partial charge in [0.05, 0.1) is 11.0 Å². The SMILES string of the molecule is CCN(CC1CCCNC1)c1nc2ccccc2n1C. The molecule has 1 atom stereocenters. The van der Waals surface area contributed by atoms with Gasteiger partial charge in [0.1, 0.15) is 0 Å². The molecule has 0 spiro atoms. The molecule has 3 rings (SSSR count). The number of imidazole rings is 1. The molecule has 1 aliphatic heterocycles. The Kier molecular flexibility index (Phi) is 3.92. The zero-order valence-corrected chi connectivity index (χ0v) is 12.5. The van der Waals surface area contributed by atoms with Gasteiger partial charge in [-0.1, -0.05) is 12.1 Å². The van der Waals surface area contributed by atoms with Crippen molar-refractivity contribution in [1.82, 2.24) is 14.9 Å². The van der Waals surface area contributed by atoms with E-state index in [0.717, 1.165) is 37.0 Å². The summed E-state index contributed by atoms with van der Waals surface area (Å²) in [6, 6.07) is 8.37. The third-order valence-corrected chi connectivity index (χ3v) is 4.31. The summed E-state index contributed by atoms with van der Waals surface area (Å²) in [5, 5.41) is 3.50. The Balaban J connectivity index is 1.84. The second-order valence-corrected chi connectivity index (χ2v) is 5.71. The van der Waals surface area contributed by atoms with Crippen LogP contribution in [0.3, 0.4) is 0 Å². The summed E-state index contributed by atoms with van der Waals surface area (Å²) in [4.78, 5) is 7.23. The van der Waals surface area contributed by atoms with E-state index in [1.165, 1.54) is 24.9 Å². The number of nitrogens with one attached hydrogen (secondary N) is 1. The van der Waals surface area contributed by atoms with Gasteiger partial charge in [-0.25, -0.2) is 4.98 Å². The fraction of sp³-hybridized carbons (Fsp3) is 0.562. The highest BCUT2D eigenvalue weighted by atomic mass is 15.3. The summed E-state index contributed by atoms with van der Waals surface area (Å²) in [5.41, 5.74) is 2.30. The highest BCUT2D eigenvalue weighted by molar-refractivity contribution is 5.78. The van der Waals surface area contributed by atoms with Gasteiger partial charge < -0.3 is 14.8 Å². The van der Waals surface area contributed by atoms with Crippen LogP contribution in [-0.4, -0.2) is 35.7 Å². The normalized spacial score (nSPS) is 19.4. The Hall–Kier alpha value is -1.55. The van der Waals surface area contributed by atoms with Crippen molar-refractivity contribution in [1.29, 1.82) is 0 Å². The van der Waals surface area contributed by atoms with E-state index in [9.17, 15) is 0 Å². The zero-order valence-electron chi connectivity index (χ0n) is 12.5. The monoisotopic (exact) mass is 272 g/mol. The summed E-state index contributed by atoms with van der Waals surface area (Å²) in [7, 11) is 2.12. The van der Waals surface area contributed by atoms with E-state index in [1.54, 1.807) is 0 Å². The average Bonchev–Trinajstić information content (AvgIpc) is 2.83. The zero-order chi connectivity index (χ0) is 13.9. The van der Waals surface area contributed by atoms with Gasteiger partial charge in [0.15, 0.2) is 0 Å². The predicted molar refractivity (Wildman–Crippen MR) is 84.2 cm³/mol. The molecule has 1 aliphatic rings. The van der Waals surface area contributed by atoms with Gasteiger partial charge in [-0.15, -0.1) is 0 Å². The molecule has 1 fully saturated rings. The molecule has 0 saturated carbocycles. The first-order valence-corrected chi connectivity index (χ1v) is 7.66. The Morgan fingerprint density at radius 2 is 2.25 bits per heavy atom. The Morgan fingerprint density at radius 3 is 2.95 bits per heavy atom. The predicted octanol–water partition coefficient (Wildman–Crippen LogP) is 2.40. The Labute approximate surface area is 120 Å². The number of benzene rings is 1. The van der Waals surface area contributed by atoms with Gasteiger partial charge in [-0.3, -0.25) is 0 Å². The molecule has 0 bridgehead atoms. The van der Waals surface area contributed by atoms with E-state index in [-0.39, 0.29) is 0 Å². The molecule has 1 saturated heterocycles. The summed E-state index contributed by atoms with van der Waals surface area (Å²) >= 11 is 0. The fourth-order valence-corrected chi connectivity index (χ4v) is 3.16. The molecule has 2 aromatic rings. The molecular formula is C16H24N4. The molecule has 2 heterocycles. The maximum absolute atomic E-state index is 4.82. The van der Waals surface area contributed by atoms with Crippen molar-refractivity contribution in [2.45, 2.75) is 19.8 Å². The summed E-state index contributed by atoms with van der Waals surface area (Å²) in [6.45, 7) is 6.64. The lowest BCUT2D eigenvalue weighted by molar-refractivity contribution is 0.376. The fourth-order valence-electron chi connectivity index (χ4n) is 3.16. The molecule has 1 unspecified atom stereocenters. The number of aromatic nitrogens is 2. The number of anilines is 1. The maximum Gasteiger partial charge on any atom is 0.206 e. The molecule has 0 radical (unpaired) electrons. The number of hydrogen-bond acceptors (Lipinski definition) is 3. The minimum absolute atomic E-state index is 0.739. The van der Waals surface area contributed by atoms with Crippen LogP contribution in [0.25, 0.3) is 11.0 Å². The van der Waals surface area contributed by atoms with Crippen LogP contribution in [0.5, 0.6) is 0 Å². The van der Waals surface area contributed by atoms with E-state index < -0.39 is 0 Å². The third-order valence-electron chi connectivity index (χ3n) is 4.31. The largest absolute Gasteiger partial charge is 0.342 e. The van der Waals surface area contributed by atoms with E-state index in [2.05, 4.69) is 53.0 Å². The lowest BCUT2D eigenvalue weighted by Crippen LogP contribution is -2.39. The second kappa shape index (κ2) is 5.83. The van der Waals surface area contributed by atoms with Crippen molar-refractivity contribution in [3.05, 3.63) is 24.3 Å². The van der Waals surface area contributed by atoms with Crippen LogP contribution < -0.4 is 10.2 Å². The standard InChI is InChI=1S/C16H24N4/c1-3-20(12-13-7-6-10-17-11-13)16-18-14-8-4-5-9-15(14)19(16)2/h4-5,8-9,13,17H,3,6-7,10-12H2,1-2H3. The lowest BCUT2D eigenvalue weighted by Gasteiger charge is -2.30. The minimum Gasteiger partial charge on any atom is -0.342 e. The quantitative estimate of drug-likeness (QED) is 0.928. The van der Waals surface area contributed by atoms with Crippen molar-refractivity contribution >= 4 is 17.0 Å². The number of rotatable bonds is 4. The molecule has 1 aromatic carbocycles. The van der Waals surface area contributed by atoms with Crippen LogP contribution in [0.2, 0.25) is 0 Å². The topological polar surface area (TPSA) is 33.1 Å². The molecule has 108 valence electrons. The molecule has 4 heteroatoms. The number of piperidine rings is 1. The first kappa shape index (κ1) is 13.4. The Bertz CT molecular complexity index is 569. The van der Waals surface area contributed by atoms with Crippen molar-refractivity contribution in [3.8, 4) is 0 Å².